The summed E-state index contributed by atoms with van der Waals surface area (Å²) >= 11 is 3.37. The third kappa shape index (κ3) is 4.26. The summed E-state index contributed by atoms with van der Waals surface area (Å²) in [5, 5.41) is 40.5. The molecule has 1 fully saturated rings. The van der Waals surface area contributed by atoms with Crippen LogP contribution in [0.4, 0.5) is 5.82 Å². The molecule has 0 bridgehead atoms. The van der Waals surface area contributed by atoms with Gasteiger partial charge in [0.15, 0.2) is 11.3 Å². The second-order valence-electron chi connectivity index (χ2n) is 5.12. The first-order valence-electron chi connectivity index (χ1n) is 7.23. The lowest BCUT2D eigenvalue weighted by atomic mass is 10.1. The first kappa shape index (κ1) is 19.6. The molecule has 0 unspecified atom stereocenters. The van der Waals surface area contributed by atoms with Crippen LogP contribution in [0.25, 0.3) is 0 Å². The zero-order valence-electron chi connectivity index (χ0n) is 12.6. The van der Waals surface area contributed by atoms with Gasteiger partial charge in [-0.1, -0.05) is 40.4 Å². The highest BCUT2D eigenvalue weighted by molar-refractivity contribution is 14.1. The summed E-state index contributed by atoms with van der Waals surface area (Å²) in [6.45, 7) is -0.462. The monoisotopic (exact) mass is 471 g/mol. The number of unbranched alkanes of at least 4 members (excludes halogenated alkanes) is 1. The molecule has 11 heteroatoms. The van der Waals surface area contributed by atoms with Crippen LogP contribution in [0.15, 0.2) is 21.5 Å². The van der Waals surface area contributed by atoms with E-state index in [2.05, 4.69) is 27.6 Å². The molecule has 0 saturated carbocycles. The highest BCUT2D eigenvalue weighted by Crippen LogP contribution is 2.36. The maximum Gasteiger partial charge on any atom is 0.396 e. The van der Waals surface area contributed by atoms with Crippen LogP contribution in [0.3, 0.4) is 0 Å². The van der Waals surface area contributed by atoms with Gasteiger partial charge in [0.1, 0.15) is 18.3 Å². The topological polar surface area (TPSA) is 131 Å². The number of allylic oxidation sites excluding steroid dienone is 1. The Morgan fingerprint density at radius 3 is 2.83 bits per heavy atom. The van der Waals surface area contributed by atoms with E-state index in [1.54, 1.807) is 0 Å². The van der Waals surface area contributed by atoms with Gasteiger partial charge >= 0.3 is 5.82 Å². The van der Waals surface area contributed by atoms with Gasteiger partial charge in [0, 0.05) is 5.75 Å². The van der Waals surface area contributed by atoms with Gasteiger partial charge < -0.3 is 30.2 Å². The van der Waals surface area contributed by atoms with Crippen LogP contribution in [0, 0.1) is 10.1 Å². The van der Waals surface area contributed by atoms with E-state index >= 15 is 0 Å². The molecule has 1 aliphatic heterocycles. The number of nitro groups is 1. The quantitative estimate of drug-likeness (QED) is 0.170. The summed E-state index contributed by atoms with van der Waals surface area (Å²) in [5.41, 5.74) is 0. The van der Waals surface area contributed by atoms with E-state index in [4.69, 9.17) is 9.84 Å². The van der Waals surface area contributed by atoms with Gasteiger partial charge in [-0.3, -0.25) is 4.57 Å². The number of hydrogen-bond acceptors (Lipinski definition) is 8. The van der Waals surface area contributed by atoms with Crippen LogP contribution in [-0.4, -0.2) is 60.5 Å². The normalized spacial score (nSPS) is 27.2. The van der Waals surface area contributed by atoms with Gasteiger partial charge in [-0.25, -0.2) is 0 Å². The van der Waals surface area contributed by atoms with E-state index in [-0.39, 0.29) is 10.8 Å². The Balaban J connectivity index is 2.19. The van der Waals surface area contributed by atoms with Gasteiger partial charge in [0.2, 0.25) is 6.33 Å². The predicted molar refractivity (Wildman–Crippen MR) is 95.0 cm³/mol. The summed E-state index contributed by atoms with van der Waals surface area (Å²) < 4.78 is 8.68. The first-order chi connectivity index (χ1) is 11.5. The minimum absolute atomic E-state index is 0.258. The number of halogens is 1. The number of ether oxygens (including phenoxy) is 1. The minimum atomic E-state index is -1.31. The number of imidazole rings is 1. The standard InChI is InChI=1S/C13H18IN3O6S/c14-4-2-1-3-5-24-13-11(17(21)22)15-7-16(13)12-10(20)9(19)8(6-18)23-12/h2,4,7-10,12,18-20H,1,3,5-6H2/b4-2+/t8-,9-,10-,12-/m1/s1. The maximum atomic E-state index is 11.2. The molecule has 1 aliphatic rings. The van der Waals surface area contributed by atoms with Crippen LogP contribution in [-0.2, 0) is 4.74 Å². The van der Waals surface area contributed by atoms with Crippen LogP contribution in [0.1, 0.15) is 19.1 Å². The molecule has 0 aromatic carbocycles. The number of aromatic nitrogens is 2. The van der Waals surface area contributed by atoms with Crippen LogP contribution >= 0.6 is 34.4 Å². The van der Waals surface area contributed by atoms with Crippen molar-refractivity contribution in [3.8, 4) is 0 Å². The number of thioether (sulfide) groups is 1. The molecule has 1 aromatic rings. The minimum Gasteiger partial charge on any atom is -0.394 e. The Hall–Kier alpha value is -0.730. The summed E-state index contributed by atoms with van der Waals surface area (Å²) in [7, 11) is 0. The molecule has 24 heavy (non-hydrogen) atoms. The predicted octanol–water partition coefficient (Wildman–Crippen LogP) is 1.22. The fraction of sp³-hybridized carbons (Fsp3) is 0.615. The molecular formula is C13H18IN3O6S. The molecule has 0 radical (unpaired) electrons. The van der Waals surface area contributed by atoms with E-state index in [9.17, 15) is 20.3 Å². The van der Waals surface area contributed by atoms with Crippen molar-refractivity contribution in [3.05, 3.63) is 26.6 Å². The molecule has 0 spiro atoms. The van der Waals surface area contributed by atoms with Crippen molar-refractivity contribution < 1.29 is 25.0 Å². The Morgan fingerprint density at radius 2 is 2.25 bits per heavy atom. The average molecular weight is 471 g/mol. The van der Waals surface area contributed by atoms with Crippen molar-refractivity contribution in [1.29, 1.82) is 0 Å². The Bertz CT molecular complexity index is 598. The van der Waals surface area contributed by atoms with Crippen LogP contribution in [0.2, 0.25) is 0 Å². The first-order valence-corrected chi connectivity index (χ1v) is 9.46. The van der Waals surface area contributed by atoms with E-state index < -0.39 is 36.1 Å². The molecular weight excluding hydrogens is 453 g/mol. The van der Waals surface area contributed by atoms with E-state index in [0.717, 1.165) is 12.8 Å². The highest BCUT2D eigenvalue weighted by Gasteiger charge is 2.45. The van der Waals surface area contributed by atoms with Crippen LogP contribution < -0.4 is 0 Å². The van der Waals surface area contributed by atoms with Crippen molar-refractivity contribution >= 4 is 40.2 Å². The summed E-state index contributed by atoms with van der Waals surface area (Å²) in [6.07, 6.45) is 0.331. The molecule has 0 amide bonds. The average Bonchev–Trinajstić information content (AvgIpc) is 3.09. The Labute approximate surface area is 156 Å². The van der Waals surface area contributed by atoms with E-state index in [0.29, 0.717) is 5.75 Å². The van der Waals surface area contributed by atoms with Crippen molar-refractivity contribution in [1.82, 2.24) is 9.55 Å². The molecule has 9 nitrogen and oxygen atoms in total. The largest absolute Gasteiger partial charge is 0.396 e. The molecule has 2 heterocycles. The Kier molecular flexibility index (Phi) is 7.43. The van der Waals surface area contributed by atoms with E-state index in [1.165, 1.54) is 22.7 Å². The number of hydrogen-bond donors (Lipinski definition) is 3. The third-order valence-corrected chi connectivity index (χ3v) is 5.21. The lowest BCUT2D eigenvalue weighted by molar-refractivity contribution is -0.392. The Morgan fingerprint density at radius 1 is 1.50 bits per heavy atom. The molecule has 3 N–H and O–H groups in total. The molecule has 1 aromatic heterocycles. The maximum absolute atomic E-state index is 11.2. The summed E-state index contributed by atoms with van der Waals surface area (Å²) in [5.74, 6) is 0.310. The third-order valence-electron chi connectivity index (χ3n) is 3.54. The van der Waals surface area contributed by atoms with E-state index in [1.807, 2.05) is 10.2 Å². The number of rotatable bonds is 8. The van der Waals surface area contributed by atoms with Gasteiger partial charge in [-0.2, -0.15) is 0 Å². The fourth-order valence-corrected chi connectivity index (χ4v) is 3.75. The van der Waals surface area contributed by atoms with Crippen molar-refractivity contribution in [2.24, 2.45) is 0 Å². The lowest BCUT2D eigenvalue weighted by Gasteiger charge is -2.17. The molecule has 2 rings (SSSR count). The van der Waals surface area contributed by atoms with Crippen LogP contribution in [0.5, 0.6) is 0 Å². The van der Waals surface area contributed by atoms with Gasteiger partial charge in [0.05, 0.1) is 6.61 Å². The number of nitrogens with zero attached hydrogens (tertiary/aromatic N) is 3. The second kappa shape index (κ2) is 9.10. The van der Waals surface area contributed by atoms with Gasteiger partial charge in [-0.15, -0.1) is 0 Å². The van der Waals surface area contributed by atoms with Crippen molar-refractivity contribution in [2.75, 3.05) is 12.4 Å². The van der Waals surface area contributed by atoms with Crippen molar-refractivity contribution in [2.45, 2.75) is 42.4 Å². The molecule has 4 atom stereocenters. The molecule has 1 saturated heterocycles. The fourth-order valence-electron chi connectivity index (χ4n) is 2.33. The smallest absolute Gasteiger partial charge is 0.394 e. The van der Waals surface area contributed by atoms with Gasteiger partial charge in [0.25, 0.3) is 0 Å². The zero-order chi connectivity index (χ0) is 17.7. The molecule has 0 aliphatic carbocycles. The van der Waals surface area contributed by atoms with Gasteiger partial charge in [-0.05, 0) is 26.8 Å². The second-order valence-corrected chi connectivity index (χ2v) is 6.92. The summed E-state index contributed by atoms with van der Waals surface area (Å²) in [4.78, 5) is 14.3. The number of aliphatic hydroxyl groups excluding tert-OH is 3. The summed E-state index contributed by atoms with van der Waals surface area (Å²) in [6, 6.07) is 0. The SMILES string of the molecule is O=[N+]([O-])c1ncn([C@@H]2O[C@H](CO)[C@@H](O)[C@H]2O)c1SCCC/C=C/I. The lowest BCUT2D eigenvalue weighted by Crippen LogP contribution is -2.33. The van der Waals surface area contributed by atoms with Crippen molar-refractivity contribution in [3.63, 3.8) is 0 Å². The zero-order valence-corrected chi connectivity index (χ0v) is 15.5. The number of aliphatic hydroxyl groups is 3. The highest BCUT2D eigenvalue weighted by atomic mass is 127. The molecule has 134 valence electrons.